The molecule has 23 heavy (non-hydrogen) atoms. The van der Waals surface area contributed by atoms with E-state index in [1.165, 1.54) is 0 Å². The van der Waals surface area contributed by atoms with Gasteiger partial charge in [-0.2, -0.15) is 0 Å². The zero-order valence-corrected chi connectivity index (χ0v) is 13.2. The van der Waals surface area contributed by atoms with Crippen molar-refractivity contribution in [3.05, 3.63) is 48.9 Å². The number of hydrogen-bond donors (Lipinski definition) is 1. The predicted octanol–water partition coefficient (Wildman–Crippen LogP) is 2.29. The number of amides is 1. The number of carbonyl (C=O) groups excluding carboxylic acids is 1. The molecule has 0 fully saturated rings. The van der Waals surface area contributed by atoms with E-state index in [9.17, 15) is 4.79 Å². The van der Waals surface area contributed by atoms with Crippen molar-refractivity contribution < 1.29 is 4.79 Å². The second-order valence-electron chi connectivity index (χ2n) is 5.44. The number of nitrogens with one attached hydrogen (secondary N) is 1. The number of nitrogens with zero attached hydrogens (tertiary/aromatic N) is 4. The SMILES string of the molecule is CN(C)C(=O)CCNc1c(-c2ccccc2)nc2cnccn12. The van der Waals surface area contributed by atoms with Gasteiger partial charge in [-0.05, 0) is 0 Å². The first-order valence-electron chi connectivity index (χ1n) is 7.48. The first-order chi connectivity index (χ1) is 11.2. The number of fused-ring (bicyclic) bond motifs is 1. The van der Waals surface area contributed by atoms with Crippen LogP contribution in [0.5, 0.6) is 0 Å². The van der Waals surface area contributed by atoms with Crippen LogP contribution in [-0.4, -0.2) is 45.8 Å². The number of imidazole rings is 1. The Balaban J connectivity index is 1.92. The molecule has 118 valence electrons. The van der Waals surface area contributed by atoms with Gasteiger partial charge in [0.1, 0.15) is 11.5 Å². The molecule has 6 nitrogen and oxygen atoms in total. The zero-order chi connectivity index (χ0) is 16.2. The van der Waals surface area contributed by atoms with Crippen molar-refractivity contribution in [1.29, 1.82) is 0 Å². The van der Waals surface area contributed by atoms with Crippen LogP contribution in [0.15, 0.2) is 48.9 Å². The van der Waals surface area contributed by atoms with E-state index in [2.05, 4.69) is 15.3 Å². The minimum Gasteiger partial charge on any atom is -0.369 e. The van der Waals surface area contributed by atoms with E-state index >= 15 is 0 Å². The standard InChI is InChI=1S/C17H19N5O/c1-21(2)15(23)8-9-19-17-16(13-6-4-3-5-7-13)20-14-12-18-10-11-22(14)17/h3-7,10-12,19H,8-9H2,1-2H3. The molecule has 1 amide bonds. The van der Waals surface area contributed by atoms with E-state index < -0.39 is 0 Å². The zero-order valence-electron chi connectivity index (χ0n) is 13.2. The average Bonchev–Trinajstić information content (AvgIpc) is 2.94. The summed E-state index contributed by atoms with van der Waals surface area (Å²) in [5.41, 5.74) is 2.65. The Morgan fingerprint density at radius 2 is 2.04 bits per heavy atom. The maximum atomic E-state index is 11.7. The largest absolute Gasteiger partial charge is 0.369 e. The Morgan fingerprint density at radius 3 is 2.78 bits per heavy atom. The molecule has 2 heterocycles. The molecule has 0 aliphatic heterocycles. The molecule has 0 aliphatic rings. The molecule has 6 heteroatoms. The summed E-state index contributed by atoms with van der Waals surface area (Å²) in [5, 5.41) is 3.35. The van der Waals surface area contributed by atoms with Crippen LogP contribution in [0.4, 0.5) is 5.82 Å². The van der Waals surface area contributed by atoms with Gasteiger partial charge < -0.3 is 10.2 Å². The topological polar surface area (TPSA) is 62.5 Å². The number of benzene rings is 1. The molecule has 3 rings (SSSR count). The van der Waals surface area contributed by atoms with Crippen molar-refractivity contribution in [3.8, 4) is 11.3 Å². The van der Waals surface area contributed by atoms with Crippen LogP contribution < -0.4 is 5.32 Å². The first kappa shape index (κ1) is 15.0. The maximum absolute atomic E-state index is 11.7. The number of aromatic nitrogens is 3. The lowest BCUT2D eigenvalue weighted by molar-refractivity contribution is -0.128. The summed E-state index contributed by atoms with van der Waals surface area (Å²) in [6, 6.07) is 9.98. The van der Waals surface area contributed by atoms with E-state index in [4.69, 9.17) is 0 Å². The quantitative estimate of drug-likeness (QED) is 0.785. The molecule has 1 N–H and O–H groups in total. The van der Waals surface area contributed by atoms with Crippen molar-refractivity contribution >= 4 is 17.4 Å². The van der Waals surface area contributed by atoms with Crippen LogP contribution >= 0.6 is 0 Å². The van der Waals surface area contributed by atoms with Crippen molar-refractivity contribution in [3.63, 3.8) is 0 Å². The van der Waals surface area contributed by atoms with Crippen LogP contribution in [0.3, 0.4) is 0 Å². The lowest BCUT2D eigenvalue weighted by Gasteiger charge is -2.12. The number of hydrogen-bond acceptors (Lipinski definition) is 4. The van der Waals surface area contributed by atoms with Crippen LogP contribution in [0, 0.1) is 0 Å². The Morgan fingerprint density at radius 1 is 1.26 bits per heavy atom. The highest BCUT2D eigenvalue weighted by Crippen LogP contribution is 2.28. The van der Waals surface area contributed by atoms with E-state index in [1.807, 2.05) is 40.9 Å². The molecular formula is C17H19N5O. The predicted molar refractivity (Wildman–Crippen MR) is 90.2 cm³/mol. The summed E-state index contributed by atoms with van der Waals surface area (Å²) in [4.78, 5) is 22.1. The molecule has 0 spiro atoms. The summed E-state index contributed by atoms with van der Waals surface area (Å²) in [6.07, 6.45) is 5.74. The Hall–Kier alpha value is -2.89. The van der Waals surface area contributed by atoms with Gasteiger partial charge >= 0.3 is 0 Å². The van der Waals surface area contributed by atoms with Crippen molar-refractivity contribution in [2.24, 2.45) is 0 Å². The fraction of sp³-hybridized carbons (Fsp3) is 0.235. The third-order valence-electron chi connectivity index (χ3n) is 3.61. The average molecular weight is 309 g/mol. The van der Waals surface area contributed by atoms with Gasteiger partial charge in [-0.25, -0.2) is 4.98 Å². The summed E-state index contributed by atoms with van der Waals surface area (Å²) in [6.45, 7) is 0.549. The highest BCUT2D eigenvalue weighted by molar-refractivity contribution is 5.78. The third kappa shape index (κ3) is 3.15. The molecule has 0 bridgehead atoms. The van der Waals surface area contributed by atoms with E-state index in [0.29, 0.717) is 13.0 Å². The normalized spacial score (nSPS) is 10.7. The second-order valence-corrected chi connectivity index (χ2v) is 5.44. The van der Waals surface area contributed by atoms with Crippen LogP contribution in [0.2, 0.25) is 0 Å². The molecule has 1 aromatic carbocycles. The Bertz CT molecular complexity index is 810. The van der Waals surface area contributed by atoms with E-state index in [1.54, 1.807) is 31.4 Å². The fourth-order valence-corrected chi connectivity index (χ4v) is 2.38. The van der Waals surface area contributed by atoms with E-state index in [-0.39, 0.29) is 5.91 Å². The molecule has 0 unspecified atom stereocenters. The number of anilines is 1. The lowest BCUT2D eigenvalue weighted by atomic mass is 10.1. The molecule has 0 aliphatic carbocycles. The maximum Gasteiger partial charge on any atom is 0.223 e. The number of rotatable bonds is 5. The van der Waals surface area contributed by atoms with Gasteiger partial charge in [-0.15, -0.1) is 0 Å². The second kappa shape index (κ2) is 6.48. The van der Waals surface area contributed by atoms with Gasteiger partial charge in [0.05, 0.1) is 6.20 Å². The minimum atomic E-state index is 0.0919. The molecular weight excluding hydrogens is 290 g/mol. The van der Waals surface area contributed by atoms with Crippen LogP contribution in [0.25, 0.3) is 16.9 Å². The summed E-state index contributed by atoms with van der Waals surface area (Å²) in [5.74, 6) is 0.967. The van der Waals surface area contributed by atoms with E-state index in [0.717, 1.165) is 22.7 Å². The van der Waals surface area contributed by atoms with Gasteiger partial charge in [-0.3, -0.25) is 14.2 Å². The smallest absolute Gasteiger partial charge is 0.223 e. The summed E-state index contributed by atoms with van der Waals surface area (Å²) >= 11 is 0. The van der Waals surface area contributed by atoms with Gasteiger partial charge in [0.15, 0.2) is 5.65 Å². The molecule has 0 radical (unpaired) electrons. The number of carbonyl (C=O) groups is 1. The molecule has 0 saturated carbocycles. The van der Waals surface area contributed by atoms with Gasteiger partial charge in [0, 0.05) is 45.0 Å². The lowest BCUT2D eigenvalue weighted by Crippen LogP contribution is -2.24. The van der Waals surface area contributed by atoms with Crippen molar-refractivity contribution in [1.82, 2.24) is 19.3 Å². The van der Waals surface area contributed by atoms with Crippen LogP contribution in [-0.2, 0) is 4.79 Å². The van der Waals surface area contributed by atoms with Crippen molar-refractivity contribution in [2.75, 3.05) is 26.0 Å². The summed E-state index contributed by atoms with van der Waals surface area (Å²) < 4.78 is 1.95. The molecule has 0 atom stereocenters. The summed E-state index contributed by atoms with van der Waals surface area (Å²) in [7, 11) is 3.52. The fourth-order valence-electron chi connectivity index (χ4n) is 2.38. The monoisotopic (exact) mass is 309 g/mol. The first-order valence-corrected chi connectivity index (χ1v) is 7.48. The van der Waals surface area contributed by atoms with Crippen LogP contribution in [0.1, 0.15) is 6.42 Å². The Kier molecular flexibility index (Phi) is 4.23. The minimum absolute atomic E-state index is 0.0919. The van der Waals surface area contributed by atoms with Gasteiger partial charge in [0.2, 0.25) is 5.91 Å². The molecule has 3 aromatic rings. The molecule has 0 saturated heterocycles. The Labute approximate surface area is 134 Å². The highest BCUT2D eigenvalue weighted by Gasteiger charge is 2.14. The van der Waals surface area contributed by atoms with Crippen molar-refractivity contribution in [2.45, 2.75) is 6.42 Å². The van der Waals surface area contributed by atoms with Gasteiger partial charge in [-0.1, -0.05) is 30.3 Å². The molecule has 2 aromatic heterocycles. The third-order valence-corrected chi connectivity index (χ3v) is 3.61. The van der Waals surface area contributed by atoms with Gasteiger partial charge in [0.25, 0.3) is 0 Å². The highest BCUT2D eigenvalue weighted by atomic mass is 16.2.